The molecule has 0 aliphatic carbocycles. The van der Waals surface area contributed by atoms with E-state index in [-0.39, 0.29) is 12.5 Å². The van der Waals surface area contributed by atoms with Crippen LogP contribution < -0.4 is 14.8 Å². The van der Waals surface area contributed by atoms with E-state index in [4.69, 9.17) is 9.47 Å². The molecule has 0 aliphatic heterocycles. The standard InChI is InChI=1S/C15H24N2O3/c1-5-8-19-13-7-6-12(10-16-2)14(9-13)20-11-15(18)17(3)4/h6-7,9,16H,5,8,10-11H2,1-4H3. The second-order valence-corrected chi connectivity index (χ2v) is 4.73. The molecule has 112 valence electrons. The van der Waals surface area contributed by atoms with Crippen molar-refractivity contribution < 1.29 is 14.3 Å². The molecule has 1 rings (SSSR count). The van der Waals surface area contributed by atoms with E-state index in [1.807, 2.05) is 25.2 Å². The molecule has 0 heterocycles. The van der Waals surface area contributed by atoms with Crippen LogP contribution in [0.2, 0.25) is 0 Å². The molecule has 0 radical (unpaired) electrons. The molecule has 20 heavy (non-hydrogen) atoms. The first-order valence-corrected chi connectivity index (χ1v) is 6.81. The number of hydrogen-bond donors (Lipinski definition) is 1. The maximum absolute atomic E-state index is 11.6. The first kappa shape index (κ1) is 16.3. The molecule has 0 saturated carbocycles. The predicted octanol–water partition coefficient (Wildman–Crippen LogP) is 1.66. The lowest BCUT2D eigenvalue weighted by Gasteiger charge is -2.15. The van der Waals surface area contributed by atoms with Gasteiger partial charge in [0.15, 0.2) is 6.61 Å². The first-order valence-electron chi connectivity index (χ1n) is 6.81. The summed E-state index contributed by atoms with van der Waals surface area (Å²) in [6, 6.07) is 5.71. The van der Waals surface area contributed by atoms with Crippen LogP contribution in [-0.4, -0.2) is 45.2 Å². The summed E-state index contributed by atoms with van der Waals surface area (Å²) >= 11 is 0. The van der Waals surface area contributed by atoms with Crippen LogP contribution in [0.5, 0.6) is 11.5 Å². The molecule has 0 unspecified atom stereocenters. The van der Waals surface area contributed by atoms with Crippen molar-refractivity contribution in [3.8, 4) is 11.5 Å². The van der Waals surface area contributed by atoms with Crippen LogP contribution >= 0.6 is 0 Å². The number of rotatable bonds is 8. The van der Waals surface area contributed by atoms with E-state index in [1.54, 1.807) is 14.1 Å². The smallest absolute Gasteiger partial charge is 0.259 e. The summed E-state index contributed by atoms with van der Waals surface area (Å²) in [6.07, 6.45) is 0.952. The maximum Gasteiger partial charge on any atom is 0.259 e. The van der Waals surface area contributed by atoms with Crippen LogP contribution in [-0.2, 0) is 11.3 Å². The number of benzene rings is 1. The Kier molecular flexibility index (Phi) is 6.87. The van der Waals surface area contributed by atoms with Crippen molar-refractivity contribution in [2.75, 3.05) is 34.4 Å². The fourth-order valence-electron chi connectivity index (χ4n) is 1.58. The lowest BCUT2D eigenvalue weighted by Crippen LogP contribution is -2.27. The van der Waals surface area contributed by atoms with Gasteiger partial charge in [0.25, 0.3) is 5.91 Å². The van der Waals surface area contributed by atoms with E-state index in [0.717, 1.165) is 17.7 Å². The van der Waals surface area contributed by atoms with Crippen LogP contribution in [0.15, 0.2) is 18.2 Å². The lowest BCUT2D eigenvalue weighted by molar-refractivity contribution is -0.130. The van der Waals surface area contributed by atoms with Gasteiger partial charge >= 0.3 is 0 Å². The molecular formula is C15H24N2O3. The number of likely N-dealkylation sites (N-methyl/N-ethyl adjacent to an activating group) is 1. The number of nitrogens with zero attached hydrogens (tertiary/aromatic N) is 1. The molecule has 5 heteroatoms. The van der Waals surface area contributed by atoms with E-state index in [9.17, 15) is 4.79 Å². The molecule has 1 aromatic rings. The molecule has 0 aliphatic rings. The molecule has 0 atom stereocenters. The van der Waals surface area contributed by atoms with Gasteiger partial charge in [0, 0.05) is 32.3 Å². The van der Waals surface area contributed by atoms with Crippen molar-refractivity contribution in [1.29, 1.82) is 0 Å². The topological polar surface area (TPSA) is 50.8 Å². The zero-order chi connectivity index (χ0) is 15.0. The average Bonchev–Trinajstić information content (AvgIpc) is 2.44. The molecule has 0 spiro atoms. The maximum atomic E-state index is 11.6. The lowest BCUT2D eigenvalue weighted by atomic mass is 10.2. The van der Waals surface area contributed by atoms with Crippen LogP contribution in [0.3, 0.4) is 0 Å². The van der Waals surface area contributed by atoms with Crippen molar-refractivity contribution in [2.45, 2.75) is 19.9 Å². The highest BCUT2D eigenvalue weighted by molar-refractivity contribution is 5.77. The molecule has 5 nitrogen and oxygen atoms in total. The highest BCUT2D eigenvalue weighted by Crippen LogP contribution is 2.25. The quantitative estimate of drug-likeness (QED) is 0.787. The van der Waals surface area contributed by atoms with Gasteiger partial charge in [-0.2, -0.15) is 0 Å². The fourth-order valence-corrected chi connectivity index (χ4v) is 1.58. The second-order valence-electron chi connectivity index (χ2n) is 4.73. The van der Waals surface area contributed by atoms with Crippen molar-refractivity contribution in [3.05, 3.63) is 23.8 Å². The Hall–Kier alpha value is -1.75. The van der Waals surface area contributed by atoms with Crippen molar-refractivity contribution in [1.82, 2.24) is 10.2 Å². The molecule has 0 aromatic heterocycles. The highest BCUT2D eigenvalue weighted by Gasteiger charge is 2.09. The summed E-state index contributed by atoms with van der Waals surface area (Å²) in [6.45, 7) is 3.43. The summed E-state index contributed by atoms with van der Waals surface area (Å²) < 4.78 is 11.2. The van der Waals surface area contributed by atoms with Gasteiger partial charge in [-0.25, -0.2) is 0 Å². The normalized spacial score (nSPS) is 10.2. The molecule has 1 amide bonds. The molecule has 1 N–H and O–H groups in total. The van der Waals surface area contributed by atoms with Crippen LogP contribution in [0.4, 0.5) is 0 Å². The fraction of sp³-hybridized carbons (Fsp3) is 0.533. The van der Waals surface area contributed by atoms with E-state index in [1.165, 1.54) is 4.90 Å². The van der Waals surface area contributed by atoms with E-state index >= 15 is 0 Å². The largest absolute Gasteiger partial charge is 0.493 e. The first-order chi connectivity index (χ1) is 9.58. The third kappa shape index (κ3) is 5.09. The summed E-state index contributed by atoms with van der Waals surface area (Å²) in [7, 11) is 5.29. The Balaban J connectivity index is 2.79. The molecule has 0 fully saturated rings. The number of carbonyl (C=O) groups excluding carboxylic acids is 1. The number of ether oxygens (including phenoxy) is 2. The molecular weight excluding hydrogens is 256 g/mol. The Morgan fingerprint density at radius 2 is 2.05 bits per heavy atom. The van der Waals surface area contributed by atoms with Crippen molar-refractivity contribution >= 4 is 5.91 Å². The van der Waals surface area contributed by atoms with Gasteiger partial charge < -0.3 is 19.7 Å². The van der Waals surface area contributed by atoms with Gasteiger partial charge in [0.1, 0.15) is 11.5 Å². The van der Waals surface area contributed by atoms with Crippen molar-refractivity contribution in [2.24, 2.45) is 0 Å². The molecule has 0 bridgehead atoms. The summed E-state index contributed by atoms with van der Waals surface area (Å²) in [5.41, 5.74) is 1.00. The minimum Gasteiger partial charge on any atom is -0.493 e. The van der Waals surface area contributed by atoms with Crippen LogP contribution in [0.1, 0.15) is 18.9 Å². The van der Waals surface area contributed by atoms with Gasteiger partial charge in [0.05, 0.1) is 6.61 Å². The second kappa shape index (κ2) is 8.43. The summed E-state index contributed by atoms with van der Waals surface area (Å²) in [5, 5.41) is 3.08. The number of amides is 1. The van der Waals surface area contributed by atoms with Crippen molar-refractivity contribution in [3.63, 3.8) is 0 Å². The van der Waals surface area contributed by atoms with Gasteiger partial charge in [-0.1, -0.05) is 13.0 Å². The molecule has 0 saturated heterocycles. The van der Waals surface area contributed by atoms with E-state index in [0.29, 0.717) is 18.9 Å². The Morgan fingerprint density at radius 3 is 2.65 bits per heavy atom. The third-order valence-corrected chi connectivity index (χ3v) is 2.73. The zero-order valence-electron chi connectivity index (χ0n) is 12.7. The van der Waals surface area contributed by atoms with E-state index in [2.05, 4.69) is 12.2 Å². The van der Waals surface area contributed by atoms with Gasteiger partial charge in [0.2, 0.25) is 0 Å². The summed E-state index contributed by atoms with van der Waals surface area (Å²) in [5.74, 6) is 1.38. The van der Waals surface area contributed by atoms with Crippen LogP contribution in [0, 0.1) is 0 Å². The molecule has 1 aromatic carbocycles. The Bertz CT molecular complexity index is 433. The minimum atomic E-state index is -0.0692. The summed E-state index contributed by atoms with van der Waals surface area (Å²) in [4.78, 5) is 13.1. The number of hydrogen-bond acceptors (Lipinski definition) is 4. The monoisotopic (exact) mass is 280 g/mol. The van der Waals surface area contributed by atoms with Crippen LogP contribution in [0.25, 0.3) is 0 Å². The Morgan fingerprint density at radius 1 is 1.30 bits per heavy atom. The van der Waals surface area contributed by atoms with Gasteiger partial charge in [-0.05, 0) is 19.5 Å². The Labute approximate surface area is 120 Å². The number of carbonyl (C=O) groups is 1. The zero-order valence-corrected chi connectivity index (χ0v) is 12.7. The average molecular weight is 280 g/mol. The number of nitrogens with one attached hydrogen (secondary N) is 1. The predicted molar refractivity (Wildman–Crippen MR) is 79.2 cm³/mol. The SMILES string of the molecule is CCCOc1ccc(CNC)c(OCC(=O)N(C)C)c1. The highest BCUT2D eigenvalue weighted by atomic mass is 16.5. The minimum absolute atomic E-state index is 0.0287. The van der Waals surface area contributed by atoms with Gasteiger partial charge in [-0.3, -0.25) is 4.79 Å². The third-order valence-electron chi connectivity index (χ3n) is 2.73. The van der Waals surface area contributed by atoms with Gasteiger partial charge in [-0.15, -0.1) is 0 Å². The van der Waals surface area contributed by atoms with E-state index < -0.39 is 0 Å².